The van der Waals surface area contributed by atoms with E-state index in [1.54, 1.807) is 16.3 Å². The Morgan fingerprint density at radius 2 is 2.00 bits per heavy atom. The fourth-order valence-electron chi connectivity index (χ4n) is 5.62. The molecule has 2 fully saturated rings. The van der Waals surface area contributed by atoms with Crippen LogP contribution >= 0.6 is 15.9 Å². The maximum atomic E-state index is 13.0. The van der Waals surface area contributed by atoms with E-state index in [0.717, 1.165) is 25.9 Å². The summed E-state index contributed by atoms with van der Waals surface area (Å²) in [5.74, 6) is 0.632. The predicted molar refractivity (Wildman–Crippen MR) is 120 cm³/mol. The first kappa shape index (κ1) is 19.3. The van der Waals surface area contributed by atoms with Gasteiger partial charge in [0.05, 0.1) is 18.3 Å². The van der Waals surface area contributed by atoms with Crippen molar-refractivity contribution in [3.63, 3.8) is 0 Å². The summed E-state index contributed by atoms with van der Waals surface area (Å²) in [6.45, 7) is 1.86. The van der Waals surface area contributed by atoms with Gasteiger partial charge < -0.3 is 4.90 Å². The number of hydrogen-bond donors (Lipinski definition) is 0. The molecule has 1 aliphatic carbocycles. The third-order valence-corrected chi connectivity index (χ3v) is 7.86. The Bertz CT molecular complexity index is 834. The van der Waals surface area contributed by atoms with E-state index in [1.807, 2.05) is 18.2 Å². The van der Waals surface area contributed by atoms with Crippen molar-refractivity contribution < 1.29 is 4.79 Å². The highest BCUT2D eigenvalue weighted by molar-refractivity contribution is 9.09. The molecule has 3 atom stereocenters. The van der Waals surface area contributed by atoms with Crippen molar-refractivity contribution >= 4 is 27.5 Å². The van der Waals surface area contributed by atoms with Crippen LogP contribution in [0.2, 0.25) is 0 Å². The lowest BCUT2D eigenvalue weighted by atomic mass is 9.74. The van der Waals surface area contributed by atoms with Gasteiger partial charge >= 0.3 is 0 Å². The molecule has 0 N–H and O–H groups in total. The molecule has 4 aliphatic rings. The van der Waals surface area contributed by atoms with E-state index in [1.165, 1.54) is 49.8 Å². The van der Waals surface area contributed by atoms with E-state index < -0.39 is 0 Å². The molecule has 1 saturated heterocycles. The van der Waals surface area contributed by atoms with Crippen LogP contribution in [0.3, 0.4) is 0 Å². The first-order valence-corrected chi connectivity index (χ1v) is 12.2. The molecule has 1 saturated carbocycles. The fraction of sp³-hybridized carbons (Fsp3) is 0.583. The molecule has 1 aromatic carbocycles. The summed E-state index contributed by atoms with van der Waals surface area (Å²) in [5, 5.41) is 6.76. The average molecular weight is 456 g/mol. The lowest BCUT2D eigenvalue weighted by molar-refractivity contribution is -0.131. The summed E-state index contributed by atoms with van der Waals surface area (Å²) in [5.41, 5.74) is 5.71. The number of nitrogens with zero attached hydrogens (tertiary/aromatic N) is 3. The van der Waals surface area contributed by atoms with Gasteiger partial charge in [-0.25, -0.2) is 5.01 Å². The van der Waals surface area contributed by atoms with E-state index in [4.69, 9.17) is 5.10 Å². The summed E-state index contributed by atoms with van der Waals surface area (Å²) in [6.07, 6.45) is 9.92. The molecule has 1 aromatic rings. The zero-order chi connectivity index (χ0) is 19.8. The molecule has 1 amide bonds. The van der Waals surface area contributed by atoms with E-state index >= 15 is 0 Å². The third kappa shape index (κ3) is 3.78. The van der Waals surface area contributed by atoms with Gasteiger partial charge in [0.2, 0.25) is 5.91 Å². The molecule has 29 heavy (non-hydrogen) atoms. The maximum Gasteiger partial charge on any atom is 0.243 e. The normalized spacial score (nSPS) is 29.0. The zero-order valence-corrected chi connectivity index (χ0v) is 18.6. The summed E-state index contributed by atoms with van der Waals surface area (Å²) in [7, 11) is 0. The van der Waals surface area contributed by atoms with Crippen LogP contribution in [0.1, 0.15) is 56.9 Å². The highest BCUT2D eigenvalue weighted by atomic mass is 79.9. The van der Waals surface area contributed by atoms with Gasteiger partial charge in [-0.1, -0.05) is 52.7 Å². The number of rotatable bonds is 3. The van der Waals surface area contributed by atoms with Crippen molar-refractivity contribution in [2.45, 2.75) is 68.7 Å². The van der Waals surface area contributed by atoms with Crippen LogP contribution < -0.4 is 0 Å². The Labute approximate surface area is 182 Å². The summed E-state index contributed by atoms with van der Waals surface area (Å²) >= 11 is 3.88. The largest absolute Gasteiger partial charge is 0.365 e. The molecular weight excluding hydrogens is 426 g/mol. The minimum absolute atomic E-state index is 0.169. The quantitative estimate of drug-likeness (QED) is 0.607. The second-order valence-electron chi connectivity index (χ2n) is 8.91. The van der Waals surface area contributed by atoms with Crippen LogP contribution in [0.25, 0.3) is 0 Å². The minimum Gasteiger partial charge on any atom is -0.365 e. The Morgan fingerprint density at radius 3 is 2.86 bits per heavy atom. The van der Waals surface area contributed by atoms with Crippen LogP contribution in [0.15, 0.2) is 46.7 Å². The summed E-state index contributed by atoms with van der Waals surface area (Å²) < 4.78 is 0. The molecule has 154 valence electrons. The van der Waals surface area contributed by atoms with Crippen LogP contribution in [0.5, 0.6) is 0 Å². The van der Waals surface area contributed by atoms with Crippen molar-refractivity contribution in [2.75, 3.05) is 13.1 Å². The van der Waals surface area contributed by atoms with Gasteiger partial charge in [0, 0.05) is 29.4 Å². The molecular formula is C24H30BrN3O. The average Bonchev–Trinajstić information content (AvgIpc) is 3.04. The van der Waals surface area contributed by atoms with Gasteiger partial charge in [0.25, 0.3) is 0 Å². The van der Waals surface area contributed by atoms with Crippen molar-refractivity contribution in [3.05, 3.63) is 47.2 Å². The Morgan fingerprint density at radius 1 is 1.14 bits per heavy atom. The molecule has 0 spiro atoms. The molecule has 0 radical (unpaired) electrons. The van der Waals surface area contributed by atoms with Crippen LogP contribution in [-0.2, 0) is 11.2 Å². The minimum atomic E-state index is 0.169. The second kappa shape index (κ2) is 8.25. The fourth-order valence-corrected chi connectivity index (χ4v) is 6.23. The van der Waals surface area contributed by atoms with Gasteiger partial charge in [-0.2, -0.15) is 5.10 Å². The molecule has 5 heteroatoms. The number of amides is 1. The number of carbonyl (C=O) groups is 1. The number of hydrazone groups is 1. The van der Waals surface area contributed by atoms with Gasteiger partial charge in [0.1, 0.15) is 0 Å². The highest BCUT2D eigenvalue weighted by Gasteiger charge is 2.46. The van der Waals surface area contributed by atoms with E-state index in [-0.39, 0.29) is 5.91 Å². The second-order valence-corrected chi connectivity index (χ2v) is 10.2. The number of benzene rings is 1. The van der Waals surface area contributed by atoms with E-state index in [9.17, 15) is 4.79 Å². The number of aryl methyl sites for hydroxylation is 1. The molecule has 0 aromatic heterocycles. The molecule has 0 bridgehead atoms. The number of alkyl halides is 1. The van der Waals surface area contributed by atoms with E-state index in [2.05, 4.69) is 33.0 Å². The predicted octanol–water partition coefficient (Wildman–Crippen LogP) is 4.89. The molecule has 3 unspecified atom stereocenters. The number of fused-ring (bicyclic) bond motifs is 5. The topological polar surface area (TPSA) is 35.9 Å². The molecule has 3 aliphatic heterocycles. The lowest BCUT2D eigenvalue weighted by Crippen LogP contribution is -2.50. The monoisotopic (exact) mass is 455 g/mol. The van der Waals surface area contributed by atoms with Crippen molar-refractivity contribution in [1.29, 1.82) is 0 Å². The Kier molecular flexibility index (Phi) is 5.51. The van der Waals surface area contributed by atoms with Crippen LogP contribution in [0, 0.1) is 5.92 Å². The summed E-state index contributed by atoms with van der Waals surface area (Å²) in [4.78, 5) is 16.2. The lowest BCUT2D eigenvalue weighted by Gasteiger charge is -2.44. The maximum absolute atomic E-state index is 13.0. The van der Waals surface area contributed by atoms with Gasteiger partial charge in [-0.05, 0) is 56.1 Å². The summed E-state index contributed by atoms with van der Waals surface area (Å²) in [6, 6.07) is 10.6. The van der Waals surface area contributed by atoms with Crippen LogP contribution in [0.4, 0.5) is 0 Å². The van der Waals surface area contributed by atoms with Crippen LogP contribution in [-0.4, -0.2) is 45.5 Å². The Balaban J connectivity index is 1.37. The van der Waals surface area contributed by atoms with Gasteiger partial charge in [-0.15, -0.1) is 0 Å². The van der Waals surface area contributed by atoms with Gasteiger partial charge in [-0.3, -0.25) is 4.79 Å². The van der Waals surface area contributed by atoms with E-state index in [0.29, 0.717) is 23.2 Å². The first-order chi connectivity index (χ1) is 14.2. The van der Waals surface area contributed by atoms with Crippen molar-refractivity contribution in [2.24, 2.45) is 11.0 Å². The third-order valence-electron chi connectivity index (χ3n) is 7.08. The first-order valence-electron chi connectivity index (χ1n) is 11.3. The van der Waals surface area contributed by atoms with Gasteiger partial charge in [0.15, 0.2) is 0 Å². The smallest absolute Gasteiger partial charge is 0.243 e. The zero-order valence-electron chi connectivity index (χ0n) is 17.0. The molecule has 5 rings (SSSR count). The standard InChI is InChI=1S/C24H30BrN3O/c25-18-11-12-19-20(15-18)21-9-5-2-6-14-27(21)22-16-28(26-24(19)22)23(29)13-10-17-7-3-1-4-8-17/h1,3-4,7-8,18-19,22H,2,5-6,9-16H2. The number of halogens is 1. The SMILES string of the molecule is O=C(CCc1ccccc1)N1CC2C(=N1)C1CCC(Br)CC1=C1CCCCCN12. The number of carbonyl (C=O) groups excluding carboxylic acids is 1. The Hall–Kier alpha value is -1.62. The highest BCUT2D eigenvalue weighted by Crippen LogP contribution is 2.45. The van der Waals surface area contributed by atoms with Crippen molar-refractivity contribution in [1.82, 2.24) is 9.91 Å². The van der Waals surface area contributed by atoms with Crippen molar-refractivity contribution in [3.8, 4) is 0 Å². The molecule has 3 heterocycles. The number of allylic oxidation sites excluding steroid dienone is 2. The number of hydrogen-bond acceptors (Lipinski definition) is 3. The molecule has 4 nitrogen and oxygen atoms in total.